The molecule has 3 nitrogen and oxygen atoms in total. The predicted molar refractivity (Wildman–Crippen MR) is 68.9 cm³/mol. The van der Waals surface area contributed by atoms with Gasteiger partial charge in [-0.05, 0) is 44.7 Å². The van der Waals surface area contributed by atoms with Gasteiger partial charge in [0.05, 0.1) is 18.4 Å². The zero-order valence-electron chi connectivity index (χ0n) is 11.1. The molecule has 98 valence electrons. The molecule has 1 aliphatic carbocycles. The summed E-state index contributed by atoms with van der Waals surface area (Å²) in [5, 5.41) is 10.9. The summed E-state index contributed by atoms with van der Waals surface area (Å²) in [6, 6.07) is 1.75. The minimum atomic E-state index is -1.07. The second-order valence-corrected chi connectivity index (χ2v) is 5.55. The van der Waals surface area contributed by atoms with E-state index in [9.17, 15) is 9.90 Å². The Kier molecular flexibility index (Phi) is 3.44. The van der Waals surface area contributed by atoms with Crippen molar-refractivity contribution in [2.24, 2.45) is 11.8 Å². The van der Waals surface area contributed by atoms with E-state index >= 15 is 0 Å². The van der Waals surface area contributed by atoms with Crippen molar-refractivity contribution in [3.63, 3.8) is 0 Å². The Balaban J connectivity index is 2.36. The van der Waals surface area contributed by atoms with E-state index in [0.717, 1.165) is 12.0 Å². The predicted octanol–water partition coefficient (Wildman–Crippen LogP) is 3.05. The van der Waals surface area contributed by atoms with Crippen LogP contribution in [0.15, 0.2) is 34.7 Å². The van der Waals surface area contributed by atoms with Crippen LogP contribution in [0.25, 0.3) is 0 Å². The molecule has 1 saturated carbocycles. The van der Waals surface area contributed by atoms with E-state index in [-0.39, 0.29) is 17.6 Å². The van der Waals surface area contributed by atoms with Crippen molar-refractivity contribution in [1.82, 2.24) is 0 Å². The third-order valence-electron chi connectivity index (χ3n) is 3.82. The SMILES string of the molecule is CC(C)=CC(=O)[C@H]1[C@@H](C)CC[C@@]1(O)c1ccoc1. The van der Waals surface area contributed by atoms with E-state index < -0.39 is 5.60 Å². The Morgan fingerprint density at radius 2 is 2.28 bits per heavy atom. The molecule has 2 rings (SSSR count). The number of ketones is 1. The van der Waals surface area contributed by atoms with Gasteiger partial charge in [0, 0.05) is 5.56 Å². The summed E-state index contributed by atoms with van der Waals surface area (Å²) in [6.07, 6.45) is 6.19. The normalized spacial score (nSPS) is 31.3. The molecule has 3 atom stereocenters. The molecule has 1 aromatic rings. The van der Waals surface area contributed by atoms with Crippen LogP contribution in [0.3, 0.4) is 0 Å². The van der Waals surface area contributed by atoms with Gasteiger partial charge in [0.25, 0.3) is 0 Å². The third kappa shape index (κ3) is 2.15. The molecule has 1 fully saturated rings. The van der Waals surface area contributed by atoms with Crippen molar-refractivity contribution >= 4 is 5.78 Å². The maximum atomic E-state index is 12.3. The molecule has 0 amide bonds. The first-order valence-corrected chi connectivity index (χ1v) is 6.39. The van der Waals surface area contributed by atoms with Crippen molar-refractivity contribution in [3.05, 3.63) is 35.8 Å². The lowest BCUT2D eigenvalue weighted by Crippen LogP contribution is -2.36. The molecule has 18 heavy (non-hydrogen) atoms. The molecule has 3 heteroatoms. The smallest absolute Gasteiger partial charge is 0.162 e. The van der Waals surface area contributed by atoms with Gasteiger partial charge in [0.1, 0.15) is 5.60 Å². The highest BCUT2D eigenvalue weighted by Gasteiger charge is 2.50. The monoisotopic (exact) mass is 248 g/mol. The summed E-state index contributed by atoms with van der Waals surface area (Å²) < 4.78 is 5.05. The maximum absolute atomic E-state index is 12.3. The van der Waals surface area contributed by atoms with Crippen molar-refractivity contribution in [2.45, 2.75) is 39.2 Å². The van der Waals surface area contributed by atoms with Gasteiger partial charge < -0.3 is 9.52 Å². The zero-order chi connectivity index (χ0) is 13.3. The molecule has 1 N–H and O–H groups in total. The lowest BCUT2D eigenvalue weighted by atomic mass is 9.79. The Bertz CT molecular complexity index is 454. The minimum absolute atomic E-state index is 0.0173. The number of allylic oxidation sites excluding steroid dienone is 2. The van der Waals surface area contributed by atoms with Gasteiger partial charge in [-0.2, -0.15) is 0 Å². The van der Waals surface area contributed by atoms with Crippen molar-refractivity contribution in [3.8, 4) is 0 Å². The number of carbonyl (C=O) groups excluding carboxylic acids is 1. The number of rotatable bonds is 3. The highest BCUT2D eigenvalue weighted by Crippen LogP contribution is 2.47. The number of furan rings is 1. The number of carbonyl (C=O) groups is 1. The molecular formula is C15H20O3. The Morgan fingerprint density at radius 1 is 1.56 bits per heavy atom. The molecule has 1 aromatic heterocycles. The summed E-state index contributed by atoms with van der Waals surface area (Å²) in [5.41, 5.74) is 0.608. The Labute approximate surface area is 108 Å². The van der Waals surface area contributed by atoms with Gasteiger partial charge in [0.15, 0.2) is 5.78 Å². The van der Waals surface area contributed by atoms with Gasteiger partial charge in [-0.3, -0.25) is 4.79 Å². The van der Waals surface area contributed by atoms with Crippen LogP contribution >= 0.6 is 0 Å². The highest BCUT2D eigenvalue weighted by atomic mass is 16.3. The van der Waals surface area contributed by atoms with E-state index in [1.807, 2.05) is 20.8 Å². The molecule has 0 aromatic carbocycles. The first-order valence-electron chi connectivity index (χ1n) is 6.39. The average Bonchev–Trinajstić information content (AvgIpc) is 2.86. The van der Waals surface area contributed by atoms with Crippen LogP contribution in [0.2, 0.25) is 0 Å². The first kappa shape index (κ1) is 13.1. The number of aliphatic hydroxyl groups is 1. The summed E-state index contributed by atoms with van der Waals surface area (Å²) in [4.78, 5) is 12.3. The fourth-order valence-corrected chi connectivity index (χ4v) is 2.97. The van der Waals surface area contributed by atoms with Gasteiger partial charge in [0.2, 0.25) is 0 Å². The van der Waals surface area contributed by atoms with E-state index in [0.29, 0.717) is 12.0 Å². The van der Waals surface area contributed by atoms with Crippen molar-refractivity contribution in [1.29, 1.82) is 0 Å². The minimum Gasteiger partial charge on any atom is -0.472 e. The molecule has 0 radical (unpaired) electrons. The fraction of sp³-hybridized carbons (Fsp3) is 0.533. The van der Waals surface area contributed by atoms with Crippen LogP contribution in [-0.2, 0) is 10.4 Å². The largest absolute Gasteiger partial charge is 0.472 e. The molecular weight excluding hydrogens is 228 g/mol. The Hall–Kier alpha value is -1.35. The van der Waals surface area contributed by atoms with E-state index in [4.69, 9.17) is 4.42 Å². The number of hydrogen-bond acceptors (Lipinski definition) is 3. The van der Waals surface area contributed by atoms with Gasteiger partial charge in [-0.15, -0.1) is 0 Å². The topological polar surface area (TPSA) is 50.4 Å². The average molecular weight is 248 g/mol. The first-order chi connectivity index (χ1) is 8.45. The summed E-state index contributed by atoms with van der Waals surface area (Å²) >= 11 is 0. The van der Waals surface area contributed by atoms with Gasteiger partial charge in [-0.1, -0.05) is 12.5 Å². The van der Waals surface area contributed by atoms with Gasteiger partial charge in [-0.25, -0.2) is 0 Å². The van der Waals surface area contributed by atoms with Crippen LogP contribution in [0.5, 0.6) is 0 Å². The molecule has 0 saturated heterocycles. The second kappa shape index (κ2) is 4.73. The third-order valence-corrected chi connectivity index (χ3v) is 3.82. The lowest BCUT2D eigenvalue weighted by molar-refractivity contribution is -0.127. The lowest BCUT2D eigenvalue weighted by Gasteiger charge is -2.29. The van der Waals surface area contributed by atoms with Crippen molar-refractivity contribution < 1.29 is 14.3 Å². The van der Waals surface area contributed by atoms with Crippen LogP contribution in [0, 0.1) is 11.8 Å². The van der Waals surface area contributed by atoms with E-state index in [1.165, 1.54) is 0 Å². The standard InChI is InChI=1S/C15H20O3/c1-10(2)8-13(16)14-11(3)4-6-15(14,17)12-5-7-18-9-12/h5,7-9,11,14,17H,4,6H2,1-3H3/t11-,14+,15+/m0/s1. The van der Waals surface area contributed by atoms with Crippen molar-refractivity contribution in [2.75, 3.05) is 0 Å². The second-order valence-electron chi connectivity index (χ2n) is 5.55. The molecule has 0 aliphatic heterocycles. The van der Waals surface area contributed by atoms with Gasteiger partial charge >= 0.3 is 0 Å². The zero-order valence-corrected chi connectivity index (χ0v) is 11.1. The maximum Gasteiger partial charge on any atom is 0.162 e. The highest BCUT2D eigenvalue weighted by molar-refractivity contribution is 5.93. The summed E-state index contributed by atoms with van der Waals surface area (Å²) in [5.74, 6) is -0.165. The van der Waals surface area contributed by atoms with Crippen LogP contribution < -0.4 is 0 Å². The molecule has 0 spiro atoms. The fourth-order valence-electron chi connectivity index (χ4n) is 2.97. The van der Waals surface area contributed by atoms with Crippen LogP contribution in [0.4, 0.5) is 0 Å². The molecule has 0 unspecified atom stereocenters. The van der Waals surface area contributed by atoms with Crippen LogP contribution in [0.1, 0.15) is 39.2 Å². The summed E-state index contributed by atoms with van der Waals surface area (Å²) in [6.45, 7) is 5.82. The number of hydrogen-bond donors (Lipinski definition) is 1. The summed E-state index contributed by atoms with van der Waals surface area (Å²) in [7, 11) is 0. The molecule has 1 aliphatic rings. The Morgan fingerprint density at radius 3 is 2.83 bits per heavy atom. The molecule has 1 heterocycles. The molecule has 0 bridgehead atoms. The van der Waals surface area contributed by atoms with Crippen LogP contribution in [-0.4, -0.2) is 10.9 Å². The van der Waals surface area contributed by atoms with E-state index in [1.54, 1.807) is 24.7 Å². The quantitative estimate of drug-likeness (QED) is 0.836. The van der Waals surface area contributed by atoms with E-state index in [2.05, 4.69) is 0 Å².